The van der Waals surface area contributed by atoms with Gasteiger partial charge in [-0.2, -0.15) is 5.10 Å². The van der Waals surface area contributed by atoms with Crippen LogP contribution in [0.25, 0.3) is 11.3 Å². The number of hydrogen-bond donors (Lipinski definition) is 1. The molecule has 1 saturated heterocycles. The van der Waals surface area contributed by atoms with Crippen molar-refractivity contribution in [3.63, 3.8) is 0 Å². The maximum absolute atomic E-state index is 13.0. The second kappa shape index (κ2) is 8.86. The van der Waals surface area contributed by atoms with E-state index in [9.17, 15) is 17.6 Å². The monoisotopic (exact) mass is 455 g/mol. The number of aromatic nitrogens is 2. The highest BCUT2D eigenvalue weighted by Crippen LogP contribution is 2.31. The molecule has 1 aromatic heterocycles. The van der Waals surface area contributed by atoms with Crippen LogP contribution in [0.1, 0.15) is 39.6 Å². The quantitative estimate of drug-likeness (QED) is 0.615. The number of halogens is 1. The van der Waals surface area contributed by atoms with E-state index >= 15 is 0 Å². The van der Waals surface area contributed by atoms with Gasteiger partial charge in [0.1, 0.15) is 5.82 Å². The van der Waals surface area contributed by atoms with Gasteiger partial charge in [0.05, 0.1) is 23.2 Å². The number of nitrogens with one attached hydrogen (secondary N) is 1. The van der Waals surface area contributed by atoms with Crippen molar-refractivity contribution in [1.29, 1.82) is 0 Å². The Bertz CT molecular complexity index is 1250. The highest BCUT2D eigenvalue weighted by molar-refractivity contribution is 7.91. The van der Waals surface area contributed by atoms with E-state index in [-0.39, 0.29) is 35.0 Å². The van der Waals surface area contributed by atoms with Crippen molar-refractivity contribution < 1.29 is 17.6 Å². The van der Waals surface area contributed by atoms with E-state index in [0.717, 1.165) is 27.9 Å². The molecule has 3 aromatic rings. The van der Waals surface area contributed by atoms with E-state index in [4.69, 9.17) is 0 Å². The Hall–Kier alpha value is -3.00. The number of carbonyl (C=O) groups excluding carboxylic acids is 1. The fourth-order valence-corrected chi connectivity index (χ4v) is 5.62. The Morgan fingerprint density at radius 1 is 1.12 bits per heavy atom. The maximum atomic E-state index is 13.0. The third-order valence-electron chi connectivity index (χ3n) is 5.94. The van der Waals surface area contributed by atoms with Crippen LogP contribution in [0.15, 0.2) is 48.5 Å². The highest BCUT2D eigenvalue weighted by atomic mass is 32.2. The van der Waals surface area contributed by atoms with Crippen LogP contribution >= 0.6 is 0 Å². The Labute approximate surface area is 187 Å². The van der Waals surface area contributed by atoms with E-state index in [1.165, 1.54) is 12.1 Å². The van der Waals surface area contributed by atoms with Gasteiger partial charge < -0.3 is 5.32 Å². The van der Waals surface area contributed by atoms with Crippen molar-refractivity contribution in [3.8, 4) is 11.3 Å². The fraction of sp³-hybridized carbons (Fsp3) is 0.333. The fourth-order valence-electron chi connectivity index (χ4n) is 3.93. The number of sulfone groups is 1. The van der Waals surface area contributed by atoms with Gasteiger partial charge in [-0.15, -0.1) is 0 Å². The lowest BCUT2D eigenvalue weighted by molar-refractivity contribution is 0.0948. The van der Waals surface area contributed by atoms with Crippen LogP contribution in [-0.2, 0) is 16.3 Å². The standard InChI is InChI=1S/C24H26FN3O3S/c1-16-3-6-19(13-17(16)2)23-14-22(27-28(23)21-10-12-32(30,31)15-21)24(29)26-11-9-18-4-7-20(25)8-5-18/h3-8,13-14,21H,9-12,15H2,1-2H3,(H,26,29)/t21-/m1/s1. The SMILES string of the molecule is Cc1ccc(-c2cc(C(=O)NCCc3ccc(F)cc3)nn2[C@@H]2CCS(=O)(=O)C2)cc1C. The van der Waals surface area contributed by atoms with Gasteiger partial charge in [0.2, 0.25) is 0 Å². The van der Waals surface area contributed by atoms with Gasteiger partial charge in [-0.25, -0.2) is 12.8 Å². The largest absolute Gasteiger partial charge is 0.350 e. The van der Waals surface area contributed by atoms with Crippen LogP contribution in [0, 0.1) is 19.7 Å². The molecule has 8 heteroatoms. The minimum atomic E-state index is -3.10. The van der Waals surface area contributed by atoms with E-state index in [0.29, 0.717) is 19.4 Å². The van der Waals surface area contributed by atoms with Crippen molar-refractivity contribution >= 4 is 15.7 Å². The molecule has 1 aliphatic heterocycles. The van der Waals surface area contributed by atoms with E-state index in [1.54, 1.807) is 22.9 Å². The minimum absolute atomic E-state index is 0.0259. The van der Waals surface area contributed by atoms with E-state index in [1.807, 2.05) is 32.0 Å². The number of rotatable bonds is 6. The number of aryl methyl sites for hydroxylation is 2. The molecule has 2 aromatic carbocycles. The first kappa shape index (κ1) is 22.2. The molecule has 32 heavy (non-hydrogen) atoms. The summed E-state index contributed by atoms with van der Waals surface area (Å²) < 4.78 is 38.9. The average molecular weight is 456 g/mol. The summed E-state index contributed by atoms with van der Waals surface area (Å²) in [5, 5.41) is 7.37. The summed E-state index contributed by atoms with van der Waals surface area (Å²) >= 11 is 0. The molecule has 0 aliphatic carbocycles. The van der Waals surface area contributed by atoms with Crippen LogP contribution < -0.4 is 5.32 Å². The Kier molecular flexibility index (Phi) is 6.15. The molecular formula is C24H26FN3O3S. The molecule has 6 nitrogen and oxygen atoms in total. The minimum Gasteiger partial charge on any atom is -0.350 e. The van der Waals surface area contributed by atoms with Crippen LogP contribution in [0.5, 0.6) is 0 Å². The first-order valence-corrected chi connectivity index (χ1v) is 12.4. The molecule has 168 valence electrons. The zero-order valence-corrected chi connectivity index (χ0v) is 19.0. The smallest absolute Gasteiger partial charge is 0.271 e. The summed E-state index contributed by atoms with van der Waals surface area (Å²) in [7, 11) is -3.10. The predicted octanol–water partition coefficient (Wildman–Crippen LogP) is 3.64. The van der Waals surface area contributed by atoms with Crippen molar-refractivity contribution in [2.45, 2.75) is 32.7 Å². The number of carbonyl (C=O) groups is 1. The molecular weight excluding hydrogens is 429 g/mol. The molecule has 1 aliphatic rings. The molecule has 0 bridgehead atoms. The molecule has 1 fully saturated rings. The molecule has 0 saturated carbocycles. The average Bonchev–Trinajstić information content (AvgIpc) is 3.35. The molecule has 1 amide bonds. The summed E-state index contributed by atoms with van der Waals surface area (Å²) in [5.74, 6) is -0.464. The number of amides is 1. The van der Waals surface area contributed by atoms with Gasteiger partial charge >= 0.3 is 0 Å². The van der Waals surface area contributed by atoms with Gasteiger partial charge in [0.25, 0.3) is 5.91 Å². The first-order chi connectivity index (χ1) is 15.2. The predicted molar refractivity (Wildman–Crippen MR) is 122 cm³/mol. The van der Waals surface area contributed by atoms with Gasteiger partial charge in [0, 0.05) is 12.1 Å². The Balaban J connectivity index is 1.57. The first-order valence-electron chi connectivity index (χ1n) is 10.6. The molecule has 2 heterocycles. The van der Waals surface area contributed by atoms with Gasteiger partial charge in [0.15, 0.2) is 15.5 Å². The molecule has 1 atom stereocenters. The third-order valence-corrected chi connectivity index (χ3v) is 7.69. The lowest BCUT2D eigenvalue weighted by Crippen LogP contribution is -2.26. The molecule has 4 rings (SSSR count). The van der Waals surface area contributed by atoms with Crippen molar-refractivity contribution in [1.82, 2.24) is 15.1 Å². The zero-order valence-electron chi connectivity index (χ0n) is 18.1. The molecule has 0 spiro atoms. The van der Waals surface area contributed by atoms with Crippen molar-refractivity contribution in [2.75, 3.05) is 18.1 Å². The van der Waals surface area contributed by atoms with Crippen LogP contribution in [0.3, 0.4) is 0 Å². The van der Waals surface area contributed by atoms with Gasteiger partial charge in [-0.3, -0.25) is 9.48 Å². The maximum Gasteiger partial charge on any atom is 0.271 e. The van der Waals surface area contributed by atoms with E-state index in [2.05, 4.69) is 10.4 Å². The van der Waals surface area contributed by atoms with Crippen LogP contribution in [-0.4, -0.2) is 42.2 Å². The van der Waals surface area contributed by atoms with Crippen molar-refractivity contribution in [2.24, 2.45) is 0 Å². The normalized spacial score (nSPS) is 17.4. The number of benzene rings is 2. The summed E-state index contributed by atoms with van der Waals surface area (Å²) in [5.41, 5.74) is 5.07. The summed E-state index contributed by atoms with van der Waals surface area (Å²) in [6.45, 7) is 4.43. The lowest BCUT2D eigenvalue weighted by Gasteiger charge is -2.14. The molecule has 0 radical (unpaired) electrons. The van der Waals surface area contributed by atoms with Gasteiger partial charge in [-0.1, -0.05) is 24.3 Å². The summed E-state index contributed by atoms with van der Waals surface area (Å²) in [6.07, 6.45) is 1.05. The van der Waals surface area contributed by atoms with Crippen LogP contribution in [0.4, 0.5) is 4.39 Å². The van der Waals surface area contributed by atoms with Crippen LogP contribution in [0.2, 0.25) is 0 Å². The van der Waals surface area contributed by atoms with Crippen molar-refractivity contribution in [3.05, 3.63) is 76.7 Å². The zero-order chi connectivity index (χ0) is 22.9. The third kappa shape index (κ3) is 4.91. The molecule has 0 unspecified atom stereocenters. The van der Waals surface area contributed by atoms with Gasteiger partial charge in [-0.05, 0) is 67.6 Å². The lowest BCUT2D eigenvalue weighted by atomic mass is 10.0. The topological polar surface area (TPSA) is 81.1 Å². The Morgan fingerprint density at radius 2 is 1.88 bits per heavy atom. The number of hydrogen-bond acceptors (Lipinski definition) is 4. The summed E-state index contributed by atoms with van der Waals surface area (Å²) in [6, 6.07) is 13.6. The highest BCUT2D eigenvalue weighted by Gasteiger charge is 2.32. The summed E-state index contributed by atoms with van der Waals surface area (Å²) in [4.78, 5) is 12.8. The second-order valence-corrected chi connectivity index (χ2v) is 10.6. The number of nitrogens with zero attached hydrogens (tertiary/aromatic N) is 2. The molecule has 1 N–H and O–H groups in total. The van der Waals surface area contributed by atoms with E-state index < -0.39 is 9.84 Å². The second-order valence-electron chi connectivity index (χ2n) is 8.35. The Morgan fingerprint density at radius 3 is 2.53 bits per heavy atom.